The third-order valence-corrected chi connectivity index (χ3v) is 5.29. The molecule has 2 nitrogen and oxygen atoms in total. The van der Waals surface area contributed by atoms with Crippen molar-refractivity contribution in [2.24, 2.45) is 11.3 Å². The van der Waals surface area contributed by atoms with E-state index in [2.05, 4.69) is 24.1 Å². The van der Waals surface area contributed by atoms with E-state index in [1.54, 1.807) is 0 Å². The molecule has 2 heteroatoms. The molecule has 0 aromatic heterocycles. The summed E-state index contributed by atoms with van der Waals surface area (Å²) in [6.45, 7) is 8.85. The number of rotatable bonds is 2. The van der Waals surface area contributed by atoms with Gasteiger partial charge in [0.2, 0.25) is 0 Å². The van der Waals surface area contributed by atoms with Gasteiger partial charge in [-0.05, 0) is 56.5 Å². The first kappa shape index (κ1) is 12.0. The molecular formula is C15H28N2. The van der Waals surface area contributed by atoms with Crippen LogP contribution < -0.4 is 5.32 Å². The maximum Gasteiger partial charge on any atom is 0.0223 e. The first-order valence-electron chi connectivity index (χ1n) is 7.64. The van der Waals surface area contributed by atoms with Gasteiger partial charge in [0.05, 0.1) is 0 Å². The van der Waals surface area contributed by atoms with E-state index in [4.69, 9.17) is 0 Å². The summed E-state index contributed by atoms with van der Waals surface area (Å²) in [5.41, 5.74) is 0.554. The van der Waals surface area contributed by atoms with E-state index in [0.29, 0.717) is 5.41 Å². The summed E-state index contributed by atoms with van der Waals surface area (Å²) in [5, 5.41) is 3.78. The topological polar surface area (TPSA) is 15.3 Å². The lowest BCUT2D eigenvalue weighted by molar-refractivity contribution is 0.108. The second-order valence-corrected chi connectivity index (χ2v) is 7.14. The molecule has 2 atom stereocenters. The highest BCUT2D eigenvalue weighted by Gasteiger charge is 2.41. The normalized spacial score (nSPS) is 39.2. The van der Waals surface area contributed by atoms with Gasteiger partial charge in [0.25, 0.3) is 0 Å². The monoisotopic (exact) mass is 236 g/mol. The second kappa shape index (κ2) is 4.55. The maximum atomic E-state index is 3.78. The highest BCUT2D eigenvalue weighted by molar-refractivity contribution is 4.96. The van der Waals surface area contributed by atoms with Crippen molar-refractivity contribution in [3.63, 3.8) is 0 Å². The van der Waals surface area contributed by atoms with Crippen molar-refractivity contribution in [2.45, 2.75) is 64.5 Å². The zero-order valence-electron chi connectivity index (χ0n) is 11.5. The van der Waals surface area contributed by atoms with Crippen molar-refractivity contribution in [3.05, 3.63) is 0 Å². The van der Waals surface area contributed by atoms with Crippen LogP contribution in [-0.4, -0.2) is 36.6 Å². The molecular weight excluding hydrogens is 208 g/mol. The van der Waals surface area contributed by atoms with Gasteiger partial charge in [-0.1, -0.05) is 20.3 Å². The Morgan fingerprint density at radius 1 is 1.12 bits per heavy atom. The molecule has 17 heavy (non-hydrogen) atoms. The van der Waals surface area contributed by atoms with Crippen molar-refractivity contribution in [3.8, 4) is 0 Å². The van der Waals surface area contributed by atoms with Crippen LogP contribution in [0.15, 0.2) is 0 Å². The summed E-state index contributed by atoms with van der Waals surface area (Å²) in [7, 11) is 0. The van der Waals surface area contributed by atoms with Gasteiger partial charge < -0.3 is 5.32 Å². The predicted molar refractivity (Wildman–Crippen MR) is 72.1 cm³/mol. The van der Waals surface area contributed by atoms with Gasteiger partial charge in [-0.25, -0.2) is 0 Å². The number of nitrogens with one attached hydrogen (secondary N) is 1. The second-order valence-electron chi connectivity index (χ2n) is 7.14. The lowest BCUT2D eigenvalue weighted by atomic mass is 9.86. The Kier molecular flexibility index (Phi) is 3.20. The molecule has 0 aromatic carbocycles. The molecule has 3 fully saturated rings. The Hall–Kier alpha value is -0.0800. The van der Waals surface area contributed by atoms with Crippen LogP contribution in [0.5, 0.6) is 0 Å². The molecule has 1 N–H and O–H groups in total. The van der Waals surface area contributed by atoms with Gasteiger partial charge in [-0.2, -0.15) is 0 Å². The van der Waals surface area contributed by atoms with Crippen molar-refractivity contribution in [1.82, 2.24) is 10.2 Å². The van der Waals surface area contributed by atoms with E-state index in [9.17, 15) is 0 Å². The van der Waals surface area contributed by atoms with E-state index < -0.39 is 0 Å². The van der Waals surface area contributed by atoms with Crippen LogP contribution in [-0.2, 0) is 0 Å². The van der Waals surface area contributed by atoms with E-state index >= 15 is 0 Å². The van der Waals surface area contributed by atoms with E-state index in [0.717, 1.165) is 18.0 Å². The fourth-order valence-electron chi connectivity index (χ4n) is 4.06. The van der Waals surface area contributed by atoms with Crippen LogP contribution in [0.3, 0.4) is 0 Å². The van der Waals surface area contributed by atoms with Crippen LogP contribution in [0.1, 0.15) is 52.4 Å². The number of hydrogen-bond donors (Lipinski definition) is 1. The first-order chi connectivity index (χ1) is 8.17. The SMILES string of the molecule is CC1(C)CCCC1N1CCCNC(C2CC2)C1. The van der Waals surface area contributed by atoms with Gasteiger partial charge in [-0.3, -0.25) is 4.90 Å². The predicted octanol–water partition coefficient (Wildman–Crippen LogP) is 2.64. The quantitative estimate of drug-likeness (QED) is 0.793. The largest absolute Gasteiger partial charge is 0.312 e. The maximum absolute atomic E-state index is 3.78. The average Bonchev–Trinajstić information content (AvgIpc) is 3.07. The van der Waals surface area contributed by atoms with Crippen molar-refractivity contribution < 1.29 is 0 Å². The Morgan fingerprint density at radius 3 is 2.59 bits per heavy atom. The molecule has 2 unspecified atom stereocenters. The molecule has 0 bridgehead atoms. The standard InChI is InChI=1S/C15H28N2/c1-15(2)8-3-5-14(15)17-10-4-9-16-13(11-17)12-6-7-12/h12-14,16H,3-11H2,1-2H3. The minimum Gasteiger partial charge on any atom is -0.312 e. The van der Waals surface area contributed by atoms with Crippen molar-refractivity contribution in [1.29, 1.82) is 0 Å². The Balaban J connectivity index is 1.68. The molecule has 1 aliphatic heterocycles. The zero-order valence-corrected chi connectivity index (χ0v) is 11.5. The van der Waals surface area contributed by atoms with Crippen molar-refractivity contribution >= 4 is 0 Å². The fourth-order valence-corrected chi connectivity index (χ4v) is 4.06. The molecule has 2 aliphatic carbocycles. The summed E-state index contributed by atoms with van der Waals surface area (Å²) in [5.74, 6) is 1.00. The summed E-state index contributed by atoms with van der Waals surface area (Å²) in [4.78, 5) is 2.83. The molecule has 0 spiro atoms. The molecule has 1 heterocycles. The zero-order chi connectivity index (χ0) is 11.9. The van der Waals surface area contributed by atoms with Crippen LogP contribution in [0, 0.1) is 11.3 Å². The smallest absolute Gasteiger partial charge is 0.0223 e. The van der Waals surface area contributed by atoms with E-state index in [1.807, 2.05) is 0 Å². The van der Waals surface area contributed by atoms with Crippen LogP contribution in [0.4, 0.5) is 0 Å². The number of nitrogens with zero attached hydrogens (tertiary/aromatic N) is 1. The number of hydrogen-bond acceptors (Lipinski definition) is 2. The lowest BCUT2D eigenvalue weighted by Crippen LogP contribution is -2.47. The van der Waals surface area contributed by atoms with E-state index in [-0.39, 0.29) is 0 Å². The third kappa shape index (κ3) is 2.53. The van der Waals surface area contributed by atoms with E-state index in [1.165, 1.54) is 58.2 Å². The van der Waals surface area contributed by atoms with Crippen LogP contribution in [0.2, 0.25) is 0 Å². The van der Waals surface area contributed by atoms with Gasteiger partial charge in [0, 0.05) is 18.6 Å². The third-order valence-electron chi connectivity index (χ3n) is 5.29. The molecule has 0 aromatic rings. The van der Waals surface area contributed by atoms with Crippen LogP contribution >= 0.6 is 0 Å². The minimum atomic E-state index is 0.554. The molecule has 1 saturated heterocycles. The summed E-state index contributed by atoms with van der Waals surface area (Å²) in [6, 6.07) is 1.65. The summed E-state index contributed by atoms with van der Waals surface area (Å²) >= 11 is 0. The lowest BCUT2D eigenvalue weighted by Gasteiger charge is -2.38. The molecule has 0 amide bonds. The average molecular weight is 236 g/mol. The Morgan fingerprint density at radius 2 is 1.94 bits per heavy atom. The first-order valence-corrected chi connectivity index (χ1v) is 7.64. The molecule has 3 rings (SSSR count). The highest BCUT2D eigenvalue weighted by atomic mass is 15.2. The van der Waals surface area contributed by atoms with Gasteiger partial charge in [0.1, 0.15) is 0 Å². The Labute approximate surface area is 106 Å². The van der Waals surface area contributed by atoms with Crippen LogP contribution in [0.25, 0.3) is 0 Å². The fraction of sp³-hybridized carbons (Fsp3) is 1.00. The molecule has 3 aliphatic rings. The van der Waals surface area contributed by atoms with Gasteiger partial charge in [0.15, 0.2) is 0 Å². The van der Waals surface area contributed by atoms with Gasteiger partial charge >= 0.3 is 0 Å². The molecule has 2 saturated carbocycles. The Bertz CT molecular complexity index is 270. The minimum absolute atomic E-state index is 0.554. The summed E-state index contributed by atoms with van der Waals surface area (Å²) < 4.78 is 0. The highest BCUT2D eigenvalue weighted by Crippen LogP contribution is 2.42. The molecule has 98 valence electrons. The van der Waals surface area contributed by atoms with Gasteiger partial charge in [-0.15, -0.1) is 0 Å². The molecule has 0 radical (unpaired) electrons. The summed E-state index contributed by atoms with van der Waals surface area (Å²) in [6.07, 6.45) is 8.59. The van der Waals surface area contributed by atoms with Crippen molar-refractivity contribution in [2.75, 3.05) is 19.6 Å².